The molecule has 0 unspecified atom stereocenters. The van der Waals surface area contributed by atoms with Gasteiger partial charge in [-0.15, -0.1) is 0 Å². The second-order valence-corrected chi connectivity index (χ2v) is 3.89. The number of nitrogens with two attached hydrogens (primary N) is 1. The number of halogens is 2. The maximum atomic E-state index is 13.2. The normalized spacial score (nSPS) is 15.3. The fourth-order valence-corrected chi connectivity index (χ4v) is 1.45. The Morgan fingerprint density at radius 1 is 1.27 bits per heavy atom. The van der Waals surface area contributed by atoms with E-state index >= 15 is 0 Å². The molecule has 0 spiro atoms. The zero-order valence-electron chi connectivity index (χ0n) is 8.30. The smallest absolute Gasteiger partial charge is 0.190 e. The van der Waals surface area contributed by atoms with Crippen LogP contribution in [0.4, 0.5) is 14.5 Å². The van der Waals surface area contributed by atoms with E-state index < -0.39 is 11.6 Å². The third-order valence-electron chi connectivity index (χ3n) is 2.49. The first-order valence-corrected chi connectivity index (χ1v) is 5.04. The molecule has 15 heavy (non-hydrogen) atoms. The van der Waals surface area contributed by atoms with Gasteiger partial charge in [0, 0.05) is 17.8 Å². The molecule has 4 heteroatoms. The Balaban J connectivity index is 1.99. The predicted molar refractivity (Wildman–Crippen MR) is 53.6 cm³/mol. The highest BCUT2D eigenvalue weighted by atomic mass is 19.1. The van der Waals surface area contributed by atoms with Gasteiger partial charge >= 0.3 is 0 Å². The lowest BCUT2D eigenvalue weighted by atomic mass is 10.2. The van der Waals surface area contributed by atoms with Crippen LogP contribution in [0.5, 0.6) is 5.75 Å². The minimum absolute atomic E-state index is 0.0690. The van der Waals surface area contributed by atoms with Crippen molar-refractivity contribution in [2.75, 3.05) is 12.3 Å². The maximum Gasteiger partial charge on any atom is 0.190 e. The average Bonchev–Trinajstić information content (AvgIpc) is 2.93. The number of hydrogen-bond acceptors (Lipinski definition) is 2. The fourth-order valence-electron chi connectivity index (χ4n) is 1.45. The summed E-state index contributed by atoms with van der Waals surface area (Å²) in [7, 11) is 0. The monoisotopic (exact) mass is 213 g/mol. The molecule has 0 aliphatic heterocycles. The zero-order chi connectivity index (χ0) is 10.8. The number of ether oxygens (including phenoxy) is 1. The second-order valence-electron chi connectivity index (χ2n) is 3.89. The summed E-state index contributed by atoms with van der Waals surface area (Å²) >= 11 is 0. The number of hydrogen-bond donors (Lipinski definition) is 1. The molecule has 2 N–H and O–H groups in total. The van der Waals surface area contributed by atoms with Gasteiger partial charge in [0.05, 0.1) is 6.61 Å². The number of benzene rings is 1. The van der Waals surface area contributed by atoms with E-state index in [4.69, 9.17) is 10.5 Å². The van der Waals surface area contributed by atoms with Gasteiger partial charge in [-0.2, -0.15) is 0 Å². The predicted octanol–water partition coefficient (Wildman–Crippen LogP) is 2.73. The summed E-state index contributed by atoms with van der Waals surface area (Å²) in [5.74, 6) is -1.10. The molecule has 0 amide bonds. The molecule has 1 saturated carbocycles. The Bertz CT molecular complexity index is 341. The van der Waals surface area contributed by atoms with Gasteiger partial charge in [0.1, 0.15) is 0 Å². The third-order valence-corrected chi connectivity index (χ3v) is 2.49. The van der Waals surface area contributed by atoms with Crippen LogP contribution >= 0.6 is 0 Å². The van der Waals surface area contributed by atoms with Crippen molar-refractivity contribution < 1.29 is 13.5 Å². The lowest BCUT2D eigenvalue weighted by Gasteiger charge is -2.08. The van der Waals surface area contributed by atoms with Crippen LogP contribution in [-0.4, -0.2) is 6.61 Å². The molecule has 1 aliphatic rings. The zero-order valence-corrected chi connectivity index (χ0v) is 8.30. The highest BCUT2D eigenvalue weighted by Crippen LogP contribution is 2.33. The van der Waals surface area contributed by atoms with Crippen LogP contribution in [0.15, 0.2) is 12.1 Å². The molecule has 1 fully saturated rings. The van der Waals surface area contributed by atoms with Gasteiger partial charge in [-0.25, -0.2) is 8.78 Å². The van der Waals surface area contributed by atoms with Crippen LogP contribution in [0.25, 0.3) is 0 Å². The van der Waals surface area contributed by atoms with Gasteiger partial charge in [-0.05, 0) is 12.3 Å². The largest absolute Gasteiger partial charge is 0.488 e. The van der Waals surface area contributed by atoms with Gasteiger partial charge in [0.2, 0.25) is 0 Å². The molecule has 2 nitrogen and oxygen atoms in total. The lowest BCUT2D eigenvalue weighted by Crippen LogP contribution is -2.03. The molecule has 1 aromatic rings. The molecule has 2 rings (SSSR count). The van der Waals surface area contributed by atoms with E-state index in [9.17, 15) is 8.78 Å². The summed E-state index contributed by atoms with van der Waals surface area (Å²) in [6.07, 6.45) is 3.27. The van der Waals surface area contributed by atoms with Crippen molar-refractivity contribution in [2.45, 2.75) is 19.3 Å². The van der Waals surface area contributed by atoms with E-state index in [1.165, 1.54) is 12.8 Å². The first kappa shape index (κ1) is 10.2. The minimum Gasteiger partial charge on any atom is -0.488 e. The van der Waals surface area contributed by atoms with Gasteiger partial charge in [-0.3, -0.25) is 0 Å². The van der Waals surface area contributed by atoms with E-state index in [0.29, 0.717) is 12.5 Å². The molecule has 0 atom stereocenters. The summed E-state index contributed by atoms with van der Waals surface area (Å²) in [4.78, 5) is 0. The van der Waals surface area contributed by atoms with Crippen LogP contribution in [0, 0.1) is 17.6 Å². The Kier molecular flexibility index (Phi) is 2.75. The van der Waals surface area contributed by atoms with E-state index in [-0.39, 0.29) is 11.4 Å². The molecule has 1 aliphatic carbocycles. The first-order chi connectivity index (χ1) is 7.16. The van der Waals surface area contributed by atoms with E-state index in [1.807, 2.05) is 0 Å². The minimum atomic E-state index is -0.733. The van der Waals surface area contributed by atoms with Crippen molar-refractivity contribution in [2.24, 2.45) is 5.92 Å². The maximum absolute atomic E-state index is 13.2. The highest BCUT2D eigenvalue weighted by molar-refractivity contribution is 5.44. The molecular formula is C11H13F2NO. The van der Waals surface area contributed by atoms with Crippen LogP contribution in [-0.2, 0) is 0 Å². The standard InChI is InChI=1S/C11H13F2NO/c12-9-5-8(14)6-10(13)11(9)15-4-3-7-1-2-7/h5-7H,1-4,14H2. The topological polar surface area (TPSA) is 35.2 Å². The van der Waals surface area contributed by atoms with Crippen molar-refractivity contribution >= 4 is 5.69 Å². The van der Waals surface area contributed by atoms with Crippen molar-refractivity contribution in [1.29, 1.82) is 0 Å². The molecule has 1 aromatic carbocycles. The summed E-state index contributed by atoms with van der Waals surface area (Å²) in [5, 5.41) is 0. The van der Waals surface area contributed by atoms with Crippen molar-refractivity contribution in [1.82, 2.24) is 0 Å². The van der Waals surface area contributed by atoms with E-state index in [2.05, 4.69) is 0 Å². The fraction of sp³-hybridized carbons (Fsp3) is 0.455. The Morgan fingerprint density at radius 3 is 2.40 bits per heavy atom. The molecule has 0 saturated heterocycles. The van der Waals surface area contributed by atoms with Crippen LogP contribution < -0.4 is 10.5 Å². The van der Waals surface area contributed by atoms with Gasteiger partial charge in [0.15, 0.2) is 17.4 Å². The van der Waals surface area contributed by atoms with Gasteiger partial charge in [0.25, 0.3) is 0 Å². The highest BCUT2D eigenvalue weighted by Gasteiger charge is 2.21. The number of anilines is 1. The molecular weight excluding hydrogens is 200 g/mol. The molecule has 0 bridgehead atoms. The van der Waals surface area contributed by atoms with Crippen molar-refractivity contribution in [3.63, 3.8) is 0 Å². The first-order valence-electron chi connectivity index (χ1n) is 5.04. The van der Waals surface area contributed by atoms with Crippen molar-refractivity contribution in [3.8, 4) is 5.75 Å². The van der Waals surface area contributed by atoms with Gasteiger partial charge in [-0.1, -0.05) is 12.8 Å². The molecule has 0 aromatic heterocycles. The SMILES string of the molecule is Nc1cc(F)c(OCCC2CC2)c(F)c1. The average molecular weight is 213 g/mol. The molecule has 0 heterocycles. The quantitative estimate of drug-likeness (QED) is 0.780. The van der Waals surface area contributed by atoms with E-state index in [0.717, 1.165) is 18.6 Å². The summed E-state index contributed by atoms with van der Waals surface area (Å²) in [6, 6.07) is 2.13. The number of rotatable bonds is 4. The molecule has 82 valence electrons. The second kappa shape index (κ2) is 4.04. The summed E-state index contributed by atoms with van der Waals surface area (Å²) < 4.78 is 31.5. The van der Waals surface area contributed by atoms with Crippen LogP contribution in [0.2, 0.25) is 0 Å². The number of nitrogen functional groups attached to an aromatic ring is 1. The van der Waals surface area contributed by atoms with Crippen LogP contribution in [0.3, 0.4) is 0 Å². The Morgan fingerprint density at radius 2 is 1.87 bits per heavy atom. The van der Waals surface area contributed by atoms with Gasteiger partial charge < -0.3 is 10.5 Å². The van der Waals surface area contributed by atoms with Crippen LogP contribution in [0.1, 0.15) is 19.3 Å². The lowest BCUT2D eigenvalue weighted by molar-refractivity contribution is 0.273. The van der Waals surface area contributed by atoms with Crippen molar-refractivity contribution in [3.05, 3.63) is 23.8 Å². The summed E-state index contributed by atoms with van der Waals surface area (Å²) in [6.45, 7) is 0.364. The Hall–Kier alpha value is -1.32. The summed E-state index contributed by atoms with van der Waals surface area (Å²) in [5.41, 5.74) is 5.35. The molecule has 0 radical (unpaired) electrons. The third kappa shape index (κ3) is 2.58. The Labute approximate surface area is 87.0 Å². The van der Waals surface area contributed by atoms with E-state index in [1.54, 1.807) is 0 Å².